The molecular weight excluding hydrogens is 1130 g/mol. The van der Waals surface area contributed by atoms with Crippen molar-refractivity contribution in [2.24, 2.45) is 0 Å². The Hall–Kier alpha value is -11.5. The number of hydrogen-bond donors (Lipinski definition) is 0. The van der Waals surface area contributed by atoms with Crippen LogP contribution < -0.4 is 14.4 Å². The molecule has 3 nitrogen and oxygen atoms in total. The Balaban J connectivity index is 0.945. The quantitative estimate of drug-likeness (QED) is 0.0955. The number of benzene rings is 13. The number of ether oxygens (including phenoxy) is 2. The number of hydrogen-bond acceptors (Lipinski definition) is 3. The SMILES string of the molecule is C=Cc1ccc(Oc2ccc(C3(c4cccc(F)c4F)c4ccccc4-c4ccc(N(c5ccc(-c6cccc(-c7ccccc7)c6)cc5)c5ccc6c(c5)C(c5ccc(Oc7ccc(C=C)cc7)cc5)(c5cccc(F)c5F)c5ccccc5-6)cc43)cc2)cc1. The van der Waals surface area contributed by atoms with Gasteiger partial charge in [-0.25, -0.2) is 17.6 Å². The molecule has 13 aromatic carbocycles. The molecule has 0 radical (unpaired) electrons. The molecule has 0 fully saturated rings. The van der Waals surface area contributed by atoms with E-state index in [1.807, 2.05) is 164 Å². The minimum Gasteiger partial charge on any atom is -0.457 e. The van der Waals surface area contributed by atoms with E-state index in [4.69, 9.17) is 9.47 Å². The van der Waals surface area contributed by atoms with E-state index in [0.29, 0.717) is 56.6 Å². The van der Waals surface area contributed by atoms with Gasteiger partial charge in [0.1, 0.15) is 23.0 Å². The third-order valence-electron chi connectivity index (χ3n) is 18.0. The Kier molecular flexibility index (Phi) is 14.1. The van der Waals surface area contributed by atoms with Gasteiger partial charge in [0.15, 0.2) is 23.3 Å². The smallest absolute Gasteiger partial charge is 0.163 e. The number of anilines is 3. The van der Waals surface area contributed by atoms with Crippen LogP contribution in [0.5, 0.6) is 23.0 Å². The fourth-order valence-electron chi connectivity index (χ4n) is 13.8. The Morgan fingerprint density at radius 1 is 0.286 bits per heavy atom. The number of fused-ring (bicyclic) bond motifs is 6. The van der Waals surface area contributed by atoms with Gasteiger partial charge in [-0.05, 0) is 192 Å². The highest BCUT2D eigenvalue weighted by Crippen LogP contribution is 2.61. The van der Waals surface area contributed by atoms with Crippen LogP contribution in [0.1, 0.15) is 55.6 Å². The van der Waals surface area contributed by atoms with E-state index in [1.54, 1.807) is 36.4 Å². The minimum atomic E-state index is -1.41. The monoisotopic (exact) mass is 1190 g/mol. The lowest BCUT2D eigenvalue weighted by Gasteiger charge is -2.36. The second kappa shape index (κ2) is 22.9. The van der Waals surface area contributed by atoms with Gasteiger partial charge < -0.3 is 14.4 Å². The molecule has 0 spiro atoms. The van der Waals surface area contributed by atoms with Gasteiger partial charge in [0, 0.05) is 28.2 Å². The molecule has 2 aliphatic rings. The van der Waals surface area contributed by atoms with E-state index in [-0.39, 0.29) is 11.1 Å². The maximum Gasteiger partial charge on any atom is 0.163 e. The van der Waals surface area contributed by atoms with Crippen LogP contribution in [0, 0.1) is 23.3 Å². The molecule has 15 rings (SSSR count). The largest absolute Gasteiger partial charge is 0.457 e. The standard InChI is InChI=1S/C84H55F4NO2/c1-3-54-27-41-65(42-28-54)90-67-45-33-60(34-46-67)83(75-23-13-25-79(85)81(75)87)73-21-10-8-19-69(73)71-49-39-63(52-77(71)83)89(62-37-31-57(32-38-62)59-18-12-17-58(51-59)56-15-6-5-7-16-56)64-40-50-72-70-20-9-11-22-74(70)84(78(72)53-64,76-24-14-26-80(86)82(76)88)61-35-47-68(48-36-61)91-66-43-29-55(4-2)30-44-66/h3-53H,1-2H2. The van der Waals surface area contributed by atoms with Gasteiger partial charge in [0.25, 0.3) is 0 Å². The highest BCUT2D eigenvalue weighted by atomic mass is 19.2. The van der Waals surface area contributed by atoms with Gasteiger partial charge in [-0.3, -0.25) is 0 Å². The van der Waals surface area contributed by atoms with Crippen molar-refractivity contribution in [3.63, 3.8) is 0 Å². The van der Waals surface area contributed by atoms with Crippen LogP contribution in [-0.4, -0.2) is 0 Å². The van der Waals surface area contributed by atoms with Crippen LogP contribution in [0.25, 0.3) is 56.7 Å². The van der Waals surface area contributed by atoms with E-state index < -0.39 is 34.1 Å². The topological polar surface area (TPSA) is 21.7 Å². The maximum absolute atomic E-state index is 17.4. The van der Waals surface area contributed by atoms with Gasteiger partial charge in [-0.2, -0.15) is 0 Å². The molecular formula is C84H55F4NO2. The minimum absolute atomic E-state index is 0.136. The van der Waals surface area contributed by atoms with E-state index in [2.05, 4.69) is 115 Å². The summed E-state index contributed by atoms with van der Waals surface area (Å²) in [6.45, 7) is 7.76. The average molecular weight is 1190 g/mol. The fourth-order valence-corrected chi connectivity index (χ4v) is 13.8. The second-order valence-electron chi connectivity index (χ2n) is 22.9. The summed E-state index contributed by atoms with van der Waals surface area (Å²) >= 11 is 0. The number of halogens is 4. The molecule has 0 saturated carbocycles. The molecule has 91 heavy (non-hydrogen) atoms. The Labute approximate surface area is 526 Å². The first-order valence-electron chi connectivity index (χ1n) is 30.1. The summed E-state index contributed by atoms with van der Waals surface area (Å²) < 4.78 is 79.9. The zero-order valence-corrected chi connectivity index (χ0v) is 49.1. The molecule has 2 aliphatic carbocycles. The molecule has 13 aromatic rings. The van der Waals surface area contributed by atoms with Crippen LogP contribution in [0.3, 0.4) is 0 Å². The zero-order valence-electron chi connectivity index (χ0n) is 49.1. The van der Waals surface area contributed by atoms with E-state index >= 15 is 17.6 Å². The normalized spacial score (nSPS) is 15.0. The first-order valence-corrected chi connectivity index (χ1v) is 30.1. The molecule has 2 atom stereocenters. The molecule has 0 heterocycles. The summed E-state index contributed by atoms with van der Waals surface area (Å²) in [5.74, 6) is -1.53. The van der Waals surface area contributed by atoms with Crippen molar-refractivity contribution in [2.45, 2.75) is 10.8 Å². The Morgan fingerprint density at radius 3 is 1.08 bits per heavy atom. The van der Waals surface area contributed by atoms with Gasteiger partial charge >= 0.3 is 0 Å². The van der Waals surface area contributed by atoms with E-state index in [0.717, 1.165) is 84.6 Å². The number of rotatable bonds is 15. The predicted octanol–water partition coefficient (Wildman–Crippen LogP) is 22.6. The second-order valence-corrected chi connectivity index (χ2v) is 22.9. The van der Waals surface area contributed by atoms with Crippen molar-refractivity contribution in [1.29, 1.82) is 0 Å². The van der Waals surface area contributed by atoms with Crippen LogP contribution in [0.4, 0.5) is 34.6 Å². The Morgan fingerprint density at radius 2 is 0.637 bits per heavy atom. The molecule has 0 bridgehead atoms. The third-order valence-corrected chi connectivity index (χ3v) is 18.0. The van der Waals surface area contributed by atoms with Crippen LogP contribution in [0.15, 0.2) is 310 Å². The summed E-state index contributed by atoms with van der Waals surface area (Å²) in [5, 5.41) is 0. The highest BCUT2D eigenvalue weighted by Gasteiger charge is 2.50. The molecule has 436 valence electrons. The molecule has 0 aromatic heterocycles. The van der Waals surface area contributed by atoms with E-state index in [1.165, 1.54) is 0 Å². The molecule has 0 N–H and O–H groups in total. The van der Waals surface area contributed by atoms with Crippen molar-refractivity contribution in [3.05, 3.63) is 389 Å². The lowest BCUT2D eigenvalue weighted by molar-refractivity contribution is 0.480. The first kappa shape index (κ1) is 56.0. The molecule has 7 heteroatoms. The van der Waals surface area contributed by atoms with Crippen LogP contribution in [-0.2, 0) is 10.8 Å². The lowest BCUT2D eigenvalue weighted by Crippen LogP contribution is -2.30. The highest BCUT2D eigenvalue weighted by molar-refractivity contribution is 5.93. The van der Waals surface area contributed by atoms with Crippen molar-refractivity contribution in [2.75, 3.05) is 4.90 Å². The third kappa shape index (κ3) is 9.44. The summed E-state index contributed by atoms with van der Waals surface area (Å²) in [7, 11) is 0. The van der Waals surface area contributed by atoms with Gasteiger partial charge in [0.2, 0.25) is 0 Å². The van der Waals surface area contributed by atoms with Crippen molar-refractivity contribution >= 4 is 29.2 Å². The lowest BCUT2D eigenvalue weighted by atomic mass is 9.67. The molecule has 0 saturated heterocycles. The molecule has 2 unspecified atom stereocenters. The Bertz CT molecular complexity index is 4700. The van der Waals surface area contributed by atoms with Crippen molar-refractivity contribution < 1.29 is 27.0 Å². The fraction of sp³-hybridized carbons (Fsp3) is 0.0238. The maximum atomic E-state index is 17.4. The van der Waals surface area contributed by atoms with Gasteiger partial charge in [0.05, 0.1) is 10.8 Å². The van der Waals surface area contributed by atoms with Crippen molar-refractivity contribution in [1.82, 2.24) is 0 Å². The van der Waals surface area contributed by atoms with Crippen LogP contribution in [0.2, 0.25) is 0 Å². The summed E-state index contributed by atoms with van der Waals surface area (Å²) in [4.78, 5) is 2.15. The number of nitrogens with zero attached hydrogens (tertiary/aromatic N) is 1. The molecule has 0 amide bonds. The summed E-state index contributed by atoms with van der Waals surface area (Å²) in [6.07, 6.45) is 3.54. The van der Waals surface area contributed by atoms with Gasteiger partial charge in [-0.1, -0.05) is 219 Å². The predicted molar refractivity (Wildman–Crippen MR) is 360 cm³/mol. The summed E-state index contributed by atoms with van der Waals surface area (Å²) in [5.41, 5.74) is 13.4. The van der Waals surface area contributed by atoms with Gasteiger partial charge in [-0.15, -0.1) is 0 Å². The summed E-state index contributed by atoms with van der Waals surface area (Å²) in [6, 6.07) is 94.6. The van der Waals surface area contributed by atoms with Crippen molar-refractivity contribution in [3.8, 4) is 67.5 Å². The average Bonchev–Trinajstić information content (AvgIpc) is 1.57. The first-order chi connectivity index (χ1) is 44.6. The van der Waals surface area contributed by atoms with E-state index in [9.17, 15) is 0 Å². The molecule has 0 aliphatic heterocycles. The van der Waals surface area contributed by atoms with Crippen LogP contribution >= 0.6 is 0 Å². The zero-order chi connectivity index (χ0) is 61.8.